The predicted molar refractivity (Wildman–Crippen MR) is 57.6 cm³/mol. The summed E-state index contributed by atoms with van der Waals surface area (Å²) < 4.78 is 5.46. The van der Waals surface area contributed by atoms with Gasteiger partial charge in [0, 0.05) is 0 Å². The first-order valence-corrected chi connectivity index (χ1v) is 5.03. The fraction of sp³-hybridized carbons (Fsp3) is 0.636. The Kier molecular flexibility index (Phi) is 3.34. The Morgan fingerprint density at radius 1 is 1.57 bits per heavy atom. The van der Waals surface area contributed by atoms with Gasteiger partial charge in [-0.1, -0.05) is 20.8 Å². The lowest BCUT2D eigenvalue weighted by molar-refractivity contribution is 0.206. The van der Waals surface area contributed by atoms with Crippen molar-refractivity contribution in [3.63, 3.8) is 0 Å². The summed E-state index contributed by atoms with van der Waals surface area (Å²) in [6, 6.07) is 2.04. The fourth-order valence-corrected chi connectivity index (χ4v) is 1.54. The molecule has 1 rings (SSSR count). The first-order valence-electron chi connectivity index (χ1n) is 5.03. The van der Waals surface area contributed by atoms with E-state index in [9.17, 15) is 0 Å². The van der Waals surface area contributed by atoms with E-state index in [1.165, 1.54) is 0 Å². The monoisotopic (exact) mass is 196 g/mol. The SMILES string of the molecule is CCC(C)(C)[C@@H](NN)c1occc1C. The third-order valence-corrected chi connectivity index (χ3v) is 3.02. The molecule has 0 bridgehead atoms. The summed E-state index contributed by atoms with van der Waals surface area (Å²) in [6.45, 7) is 8.55. The highest BCUT2D eigenvalue weighted by atomic mass is 16.3. The van der Waals surface area contributed by atoms with Crippen molar-refractivity contribution in [3.8, 4) is 0 Å². The molecule has 1 aromatic heterocycles. The smallest absolute Gasteiger partial charge is 0.125 e. The molecule has 14 heavy (non-hydrogen) atoms. The van der Waals surface area contributed by atoms with E-state index in [1.807, 2.05) is 13.0 Å². The minimum atomic E-state index is 0.0718. The summed E-state index contributed by atoms with van der Waals surface area (Å²) in [6.07, 6.45) is 2.75. The molecule has 3 nitrogen and oxygen atoms in total. The van der Waals surface area contributed by atoms with Crippen LogP contribution >= 0.6 is 0 Å². The molecular formula is C11H20N2O. The van der Waals surface area contributed by atoms with Gasteiger partial charge in [0.1, 0.15) is 5.76 Å². The number of hydrogen-bond acceptors (Lipinski definition) is 3. The van der Waals surface area contributed by atoms with Crippen LogP contribution < -0.4 is 11.3 Å². The van der Waals surface area contributed by atoms with Crippen molar-refractivity contribution in [1.29, 1.82) is 0 Å². The lowest BCUT2D eigenvalue weighted by Gasteiger charge is -2.31. The second-order valence-corrected chi connectivity index (χ2v) is 4.41. The van der Waals surface area contributed by atoms with Crippen LogP contribution in [0.1, 0.15) is 44.6 Å². The van der Waals surface area contributed by atoms with E-state index in [0.29, 0.717) is 0 Å². The van der Waals surface area contributed by atoms with Gasteiger partial charge in [-0.2, -0.15) is 0 Å². The van der Waals surface area contributed by atoms with Crippen molar-refractivity contribution in [2.45, 2.75) is 40.2 Å². The highest BCUT2D eigenvalue weighted by molar-refractivity contribution is 5.19. The van der Waals surface area contributed by atoms with Crippen LogP contribution in [0.2, 0.25) is 0 Å². The number of nitrogens with two attached hydrogens (primary N) is 1. The molecule has 0 amide bonds. The maximum Gasteiger partial charge on any atom is 0.125 e. The van der Waals surface area contributed by atoms with Crippen LogP contribution in [-0.2, 0) is 0 Å². The molecule has 3 heteroatoms. The van der Waals surface area contributed by atoms with E-state index in [1.54, 1.807) is 6.26 Å². The molecule has 0 aliphatic heterocycles. The van der Waals surface area contributed by atoms with Crippen LogP contribution in [0.5, 0.6) is 0 Å². The standard InChI is InChI=1S/C11H20N2O/c1-5-11(3,4)10(13-12)9-8(2)6-7-14-9/h6-7,10,13H,5,12H2,1-4H3/t10-/m0/s1. The van der Waals surface area contributed by atoms with E-state index in [4.69, 9.17) is 10.3 Å². The number of nitrogens with one attached hydrogen (secondary N) is 1. The Bertz CT molecular complexity index is 291. The molecule has 0 aliphatic rings. The highest BCUT2D eigenvalue weighted by Gasteiger charge is 2.31. The molecule has 0 saturated carbocycles. The zero-order valence-electron chi connectivity index (χ0n) is 9.42. The van der Waals surface area contributed by atoms with Gasteiger partial charge < -0.3 is 4.42 Å². The first kappa shape index (κ1) is 11.3. The average Bonchev–Trinajstić information content (AvgIpc) is 2.53. The van der Waals surface area contributed by atoms with Gasteiger partial charge in [-0.05, 0) is 30.4 Å². The molecule has 0 unspecified atom stereocenters. The van der Waals surface area contributed by atoms with Gasteiger partial charge in [0.2, 0.25) is 0 Å². The minimum absolute atomic E-state index is 0.0718. The third kappa shape index (κ3) is 1.99. The van der Waals surface area contributed by atoms with E-state index in [2.05, 4.69) is 26.2 Å². The van der Waals surface area contributed by atoms with E-state index in [-0.39, 0.29) is 11.5 Å². The van der Waals surface area contributed by atoms with Crippen LogP contribution in [0, 0.1) is 12.3 Å². The normalized spacial score (nSPS) is 14.4. The second-order valence-electron chi connectivity index (χ2n) is 4.41. The summed E-state index contributed by atoms with van der Waals surface area (Å²) in [4.78, 5) is 0. The third-order valence-electron chi connectivity index (χ3n) is 3.02. The largest absolute Gasteiger partial charge is 0.467 e. The molecule has 0 saturated heterocycles. The van der Waals surface area contributed by atoms with Crippen molar-refractivity contribution in [1.82, 2.24) is 5.43 Å². The van der Waals surface area contributed by atoms with Crippen molar-refractivity contribution in [2.75, 3.05) is 0 Å². The maximum absolute atomic E-state index is 5.58. The van der Waals surface area contributed by atoms with Crippen LogP contribution in [0.15, 0.2) is 16.7 Å². The quantitative estimate of drug-likeness (QED) is 0.574. The molecule has 3 N–H and O–H groups in total. The van der Waals surface area contributed by atoms with Gasteiger partial charge in [0.15, 0.2) is 0 Å². The van der Waals surface area contributed by atoms with Crippen molar-refractivity contribution in [3.05, 3.63) is 23.7 Å². The van der Waals surface area contributed by atoms with Gasteiger partial charge >= 0.3 is 0 Å². The molecule has 80 valence electrons. The van der Waals surface area contributed by atoms with Gasteiger partial charge in [-0.3, -0.25) is 5.84 Å². The number of aryl methyl sites for hydroxylation is 1. The summed E-state index contributed by atoms with van der Waals surface area (Å²) in [7, 11) is 0. The Labute approximate surface area is 85.6 Å². The molecule has 0 spiro atoms. The average molecular weight is 196 g/mol. The molecule has 1 aromatic rings. The molecular weight excluding hydrogens is 176 g/mol. The van der Waals surface area contributed by atoms with Crippen LogP contribution in [0.4, 0.5) is 0 Å². The van der Waals surface area contributed by atoms with Crippen LogP contribution in [0.25, 0.3) is 0 Å². The lowest BCUT2D eigenvalue weighted by Crippen LogP contribution is -2.38. The molecule has 0 aromatic carbocycles. The first-order chi connectivity index (χ1) is 6.53. The molecule has 0 radical (unpaired) electrons. The zero-order valence-corrected chi connectivity index (χ0v) is 9.42. The lowest BCUT2D eigenvalue weighted by atomic mass is 9.80. The maximum atomic E-state index is 5.58. The summed E-state index contributed by atoms with van der Waals surface area (Å²) in [5.41, 5.74) is 4.08. The molecule has 1 heterocycles. The Morgan fingerprint density at radius 2 is 2.21 bits per heavy atom. The topological polar surface area (TPSA) is 51.2 Å². The fourth-order valence-electron chi connectivity index (χ4n) is 1.54. The Morgan fingerprint density at radius 3 is 2.57 bits per heavy atom. The Hall–Kier alpha value is -0.800. The van der Waals surface area contributed by atoms with Crippen LogP contribution in [-0.4, -0.2) is 0 Å². The summed E-state index contributed by atoms with van der Waals surface area (Å²) in [5.74, 6) is 6.53. The van der Waals surface area contributed by atoms with E-state index in [0.717, 1.165) is 17.7 Å². The van der Waals surface area contributed by atoms with Gasteiger partial charge in [-0.25, -0.2) is 5.43 Å². The highest BCUT2D eigenvalue weighted by Crippen LogP contribution is 2.37. The molecule has 0 aliphatic carbocycles. The number of rotatable bonds is 4. The predicted octanol–water partition coefficient (Wildman–Crippen LogP) is 2.53. The van der Waals surface area contributed by atoms with Gasteiger partial charge in [-0.15, -0.1) is 0 Å². The second kappa shape index (κ2) is 4.15. The minimum Gasteiger partial charge on any atom is -0.467 e. The van der Waals surface area contributed by atoms with E-state index < -0.39 is 0 Å². The number of hydrazine groups is 1. The number of furan rings is 1. The summed E-state index contributed by atoms with van der Waals surface area (Å²) in [5, 5.41) is 0. The van der Waals surface area contributed by atoms with Crippen molar-refractivity contribution in [2.24, 2.45) is 11.3 Å². The van der Waals surface area contributed by atoms with Gasteiger partial charge in [0.05, 0.1) is 12.3 Å². The summed E-state index contributed by atoms with van der Waals surface area (Å²) >= 11 is 0. The van der Waals surface area contributed by atoms with Gasteiger partial charge in [0.25, 0.3) is 0 Å². The van der Waals surface area contributed by atoms with E-state index >= 15 is 0 Å². The zero-order chi connectivity index (χ0) is 10.8. The molecule has 1 atom stereocenters. The van der Waals surface area contributed by atoms with Crippen LogP contribution in [0.3, 0.4) is 0 Å². The number of hydrogen-bond donors (Lipinski definition) is 2. The molecule has 0 fully saturated rings. The van der Waals surface area contributed by atoms with Crippen molar-refractivity contribution >= 4 is 0 Å². The van der Waals surface area contributed by atoms with Crippen molar-refractivity contribution < 1.29 is 4.42 Å². The Balaban J connectivity index is 2.99.